The molecule has 0 radical (unpaired) electrons. The van der Waals surface area contributed by atoms with Crippen LogP contribution in [0.5, 0.6) is 0 Å². The average Bonchev–Trinajstić information content (AvgIpc) is 2.74. The summed E-state index contributed by atoms with van der Waals surface area (Å²) in [7, 11) is -1.97. The molecule has 0 aromatic carbocycles. The number of nitrogens with one attached hydrogen (secondary N) is 1. The molecule has 0 aliphatic rings. The van der Waals surface area contributed by atoms with Crippen molar-refractivity contribution >= 4 is 10.0 Å². The fourth-order valence-corrected chi connectivity index (χ4v) is 2.61. The molecule has 1 heterocycles. The van der Waals surface area contributed by atoms with Gasteiger partial charge in [-0.2, -0.15) is 4.31 Å². The van der Waals surface area contributed by atoms with Crippen molar-refractivity contribution in [2.75, 3.05) is 7.05 Å². The molecule has 5 nitrogen and oxygen atoms in total. The van der Waals surface area contributed by atoms with Crippen molar-refractivity contribution in [2.45, 2.75) is 51.4 Å². The molecule has 0 atom stereocenters. The van der Waals surface area contributed by atoms with Crippen LogP contribution in [0, 0.1) is 0 Å². The summed E-state index contributed by atoms with van der Waals surface area (Å²) in [4.78, 5) is 0. The molecule has 18 heavy (non-hydrogen) atoms. The van der Waals surface area contributed by atoms with Gasteiger partial charge in [0.05, 0.1) is 6.54 Å². The van der Waals surface area contributed by atoms with Crippen molar-refractivity contribution in [1.82, 2.24) is 9.62 Å². The van der Waals surface area contributed by atoms with Crippen LogP contribution in [0.4, 0.5) is 0 Å². The smallest absolute Gasteiger partial charge is 0.276 e. The minimum absolute atomic E-state index is 0.000689. The maximum atomic E-state index is 12.1. The van der Waals surface area contributed by atoms with E-state index in [4.69, 9.17) is 4.42 Å². The molecule has 1 aromatic rings. The third kappa shape index (κ3) is 3.57. The Labute approximate surface area is 109 Å². The van der Waals surface area contributed by atoms with Gasteiger partial charge in [-0.05, 0) is 26.0 Å². The molecule has 0 spiro atoms. The molecule has 1 aromatic heterocycles. The van der Waals surface area contributed by atoms with E-state index in [1.54, 1.807) is 13.1 Å². The Morgan fingerprint density at radius 1 is 1.28 bits per heavy atom. The lowest BCUT2D eigenvalue weighted by molar-refractivity contribution is 0.359. The first-order valence-electron chi connectivity index (χ1n) is 6.05. The van der Waals surface area contributed by atoms with Crippen molar-refractivity contribution in [3.63, 3.8) is 0 Å². The van der Waals surface area contributed by atoms with Crippen LogP contribution >= 0.6 is 0 Å². The number of furan rings is 1. The second-order valence-corrected chi connectivity index (χ2v) is 6.80. The highest BCUT2D eigenvalue weighted by atomic mass is 32.2. The van der Waals surface area contributed by atoms with Crippen molar-refractivity contribution < 1.29 is 12.8 Å². The first-order valence-corrected chi connectivity index (χ1v) is 7.49. The molecule has 0 unspecified atom stereocenters. The number of sulfonamides is 1. The third-order valence-electron chi connectivity index (χ3n) is 2.68. The summed E-state index contributed by atoms with van der Waals surface area (Å²) < 4.78 is 30.9. The fourth-order valence-electron chi connectivity index (χ4n) is 1.32. The highest BCUT2D eigenvalue weighted by Crippen LogP contribution is 2.19. The van der Waals surface area contributed by atoms with Crippen LogP contribution < -0.4 is 5.32 Å². The van der Waals surface area contributed by atoms with E-state index >= 15 is 0 Å². The van der Waals surface area contributed by atoms with Crippen molar-refractivity contribution in [1.29, 1.82) is 0 Å². The van der Waals surface area contributed by atoms with Gasteiger partial charge in [0.2, 0.25) is 5.09 Å². The van der Waals surface area contributed by atoms with Gasteiger partial charge < -0.3 is 9.73 Å². The summed E-state index contributed by atoms with van der Waals surface area (Å²) in [5, 5.41) is 3.18. The molecule has 104 valence electrons. The quantitative estimate of drug-likeness (QED) is 0.859. The molecular formula is C12H22N2O3S. The summed E-state index contributed by atoms with van der Waals surface area (Å²) in [6.45, 7) is 8.21. The Kier molecular flexibility index (Phi) is 4.95. The zero-order valence-corrected chi connectivity index (χ0v) is 12.4. The zero-order chi connectivity index (χ0) is 13.9. The molecule has 1 N–H and O–H groups in total. The maximum absolute atomic E-state index is 12.1. The molecule has 0 saturated carbocycles. The predicted octanol–water partition coefficient (Wildman–Crippen LogP) is 1.81. The van der Waals surface area contributed by atoms with Crippen molar-refractivity contribution in [2.24, 2.45) is 0 Å². The maximum Gasteiger partial charge on any atom is 0.276 e. The van der Waals surface area contributed by atoms with Crippen molar-refractivity contribution in [3.05, 3.63) is 17.9 Å². The third-order valence-corrected chi connectivity index (χ3v) is 4.59. The van der Waals surface area contributed by atoms with E-state index in [0.717, 1.165) is 0 Å². The highest BCUT2D eigenvalue weighted by Gasteiger charge is 2.26. The number of rotatable bonds is 6. The Bertz CT molecular complexity index is 477. The Hall–Kier alpha value is -0.850. The second kappa shape index (κ2) is 5.86. The summed E-state index contributed by atoms with van der Waals surface area (Å²) in [6, 6.07) is 3.42. The topological polar surface area (TPSA) is 62.6 Å². The molecule has 1 rings (SSSR count). The van der Waals surface area contributed by atoms with Gasteiger partial charge in [-0.25, -0.2) is 8.42 Å². The molecule has 0 saturated heterocycles. The van der Waals surface area contributed by atoms with Crippen LogP contribution in [0.3, 0.4) is 0 Å². The minimum atomic E-state index is -3.52. The first kappa shape index (κ1) is 15.2. The van der Waals surface area contributed by atoms with Gasteiger partial charge in [0, 0.05) is 19.1 Å². The monoisotopic (exact) mass is 274 g/mol. The van der Waals surface area contributed by atoms with Gasteiger partial charge in [-0.15, -0.1) is 0 Å². The molecule has 0 aliphatic carbocycles. The summed E-state index contributed by atoms with van der Waals surface area (Å²) in [5.41, 5.74) is 0. The summed E-state index contributed by atoms with van der Waals surface area (Å²) in [5.74, 6) is 0.624. The molecule has 0 bridgehead atoms. The lowest BCUT2D eigenvalue weighted by atomic mass is 10.3. The molecule has 0 aliphatic heterocycles. The summed E-state index contributed by atoms with van der Waals surface area (Å²) in [6.07, 6.45) is 0. The van der Waals surface area contributed by atoms with E-state index in [1.165, 1.54) is 10.4 Å². The number of hydrogen-bond acceptors (Lipinski definition) is 4. The van der Waals surface area contributed by atoms with E-state index < -0.39 is 10.0 Å². The lowest BCUT2D eigenvalue weighted by Gasteiger charge is -2.19. The normalized spacial score (nSPS) is 12.9. The second-order valence-electron chi connectivity index (χ2n) is 4.87. The van der Waals surface area contributed by atoms with Gasteiger partial charge >= 0.3 is 0 Å². The van der Waals surface area contributed by atoms with E-state index in [2.05, 4.69) is 5.32 Å². The van der Waals surface area contributed by atoms with Gasteiger partial charge in [0.15, 0.2) is 0 Å². The van der Waals surface area contributed by atoms with Crippen LogP contribution in [-0.2, 0) is 16.6 Å². The van der Waals surface area contributed by atoms with Crippen molar-refractivity contribution in [3.8, 4) is 0 Å². The van der Waals surface area contributed by atoms with E-state index in [9.17, 15) is 8.42 Å². The van der Waals surface area contributed by atoms with Crippen LogP contribution in [0.2, 0.25) is 0 Å². The Morgan fingerprint density at radius 2 is 1.89 bits per heavy atom. The van der Waals surface area contributed by atoms with Crippen LogP contribution in [0.25, 0.3) is 0 Å². The van der Waals surface area contributed by atoms with Gasteiger partial charge in [0.1, 0.15) is 5.76 Å². The predicted molar refractivity (Wildman–Crippen MR) is 70.8 cm³/mol. The standard InChI is InChI=1S/C12H22N2O3S/c1-9(2)13-8-11-6-7-12(17-11)18(15,16)14(5)10(3)4/h6-7,9-10,13H,8H2,1-5H3. The Balaban J connectivity index is 2.85. The zero-order valence-electron chi connectivity index (χ0n) is 11.6. The molecule has 0 fully saturated rings. The molecule has 6 heteroatoms. The highest BCUT2D eigenvalue weighted by molar-refractivity contribution is 7.89. The molecule has 0 amide bonds. The lowest BCUT2D eigenvalue weighted by Crippen LogP contribution is -2.32. The van der Waals surface area contributed by atoms with E-state index in [1.807, 2.05) is 27.7 Å². The van der Waals surface area contributed by atoms with E-state index in [0.29, 0.717) is 18.3 Å². The van der Waals surface area contributed by atoms with Crippen LogP contribution in [0.15, 0.2) is 21.6 Å². The number of nitrogens with zero attached hydrogens (tertiary/aromatic N) is 1. The molecular weight excluding hydrogens is 252 g/mol. The van der Waals surface area contributed by atoms with Gasteiger partial charge in [0.25, 0.3) is 10.0 Å². The van der Waals surface area contributed by atoms with Crippen LogP contribution in [0.1, 0.15) is 33.5 Å². The first-order chi connectivity index (χ1) is 8.25. The largest absolute Gasteiger partial charge is 0.447 e. The van der Waals surface area contributed by atoms with Gasteiger partial charge in [-0.3, -0.25) is 0 Å². The summed E-state index contributed by atoms with van der Waals surface area (Å²) >= 11 is 0. The van der Waals surface area contributed by atoms with E-state index in [-0.39, 0.29) is 11.1 Å². The fraction of sp³-hybridized carbons (Fsp3) is 0.667. The Morgan fingerprint density at radius 3 is 2.39 bits per heavy atom. The van der Waals surface area contributed by atoms with Crippen LogP contribution in [-0.4, -0.2) is 31.9 Å². The SMILES string of the molecule is CC(C)NCc1ccc(S(=O)(=O)N(C)C(C)C)o1. The number of hydrogen-bond donors (Lipinski definition) is 1. The van der Waals surface area contributed by atoms with Gasteiger partial charge in [-0.1, -0.05) is 13.8 Å². The average molecular weight is 274 g/mol. The minimum Gasteiger partial charge on any atom is -0.447 e.